The van der Waals surface area contributed by atoms with Crippen molar-refractivity contribution >= 4 is 11.8 Å². The SMILES string of the molecule is OC(CSc1ccccc1)CC1CC2CCC1C2. The first-order valence-corrected chi connectivity index (χ1v) is 8.15. The Bertz CT molecular complexity index is 378. The summed E-state index contributed by atoms with van der Waals surface area (Å²) in [5.41, 5.74) is 0. The molecule has 1 N–H and O–H groups in total. The zero-order valence-electron chi connectivity index (χ0n) is 10.8. The van der Waals surface area contributed by atoms with Gasteiger partial charge in [-0.3, -0.25) is 0 Å². The molecule has 1 aromatic carbocycles. The second-order valence-electron chi connectivity index (χ2n) is 5.95. The van der Waals surface area contributed by atoms with Gasteiger partial charge in [-0.15, -0.1) is 11.8 Å². The first-order chi connectivity index (χ1) is 8.81. The average molecular weight is 262 g/mol. The molecule has 98 valence electrons. The van der Waals surface area contributed by atoms with E-state index in [4.69, 9.17) is 0 Å². The van der Waals surface area contributed by atoms with Crippen LogP contribution in [0.4, 0.5) is 0 Å². The first kappa shape index (κ1) is 12.6. The van der Waals surface area contributed by atoms with E-state index in [1.54, 1.807) is 11.8 Å². The predicted molar refractivity (Wildman–Crippen MR) is 76.7 cm³/mol. The molecule has 1 nitrogen and oxygen atoms in total. The van der Waals surface area contributed by atoms with Gasteiger partial charge < -0.3 is 5.11 Å². The van der Waals surface area contributed by atoms with Crippen LogP contribution in [0.5, 0.6) is 0 Å². The van der Waals surface area contributed by atoms with Gasteiger partial charge in [0.15, 0.2) is 0 Å². The number of aliphatic hydroxyl groups excluding tert-OH is 1. The fraction of sp³-hybridized carbons (Fsp3) is 0.625. The molecule has 4 atom stereocenters. The van der Waals surface area contributed by atoms with Gasteiger partial charge in [0.2, 0.25) is 0 Å². The lowest BCUT2D eigenvalue weighted by atomic mass is 9.85. The molecule has 1 aromatic rings. The molecule has 2 aliphatic rings. The lowest BCUT2D eigenvalue weighted by Gasteiger charge is -2.24. The largest absolute Gasteiger partial charge is 0.392 e. The molecular formula is C16H22OS. The van der Waals surface area contributed by atoms with Crippen molar-refractivity contribution in [1.29, 1.82) is 0 Å². The fourth-order valence-electron chi connectivity index (χ4n) is 3.79. The van der Waals surface area contributed by atoms with Crippen molar-refractivity contribution in [3.05, 3.63) is 30.3 Å². The van der Waals surface area contributed by atoms with Crippen molar-refractivity contribution in [2.24, 2.45) is 17.8 Å². The molecule has 2 fully saturated rings. The van der Waals surface area contributed by atoms with Crippen LogP contribution in [0.1, 0.15) is 32.1 Å². The summed E-state index contributed by atoms with van der Waals surface area (Å²) in [6, 6.07) is 10.4. The van der Waals surface area contributed by atoms with E-state index < -0.39 is 0 Å². The van der Waals surface area contributed by atoms with Crippen LogP contribution in [0.3, 0.4) is 0 Å². The van der Waals surface area contributed by atoms with Crippen molar-refractivity contribution in [1.82, 2.24) is 0 Å². The van der Waals surface area contributed by atoms with Crippen LogP contribution in [0.15, 0.2) is 35.2 Å². The minimum absolute atomic E-state index is 0.125. The minimum atomic E-state index is -0.125. The van der Waals surface area contributed by atoms with Crippen LogP contribution in [-0.4, -0.2) is 17.0 Å². The second-order valence-corrected chi connectivity index (χ2v) is 7.04. The maximum absolute atomic E-state index is 10.2. The third-order valence-corrected chi connectivity index (χ3v) is 5.80. The van der Waals surface area contributed by atoms with Gasteiger partial charge in [0.1, 0.15) is 0 Å². The molecule has 3 rings (SSSR count). The number of rotatable bonds is 5. The Morgan fingerprint density at radius 1 is 1.17 bits per heavy atom. The molecule has 0 spiro atoms. The monoisotopic (exact) mass is 262 g/mol. The molecule has 2 aliphatic carbocycles. The quantitative estimate of drug-likeness (QED) is 0.810. The van der Waals surface area contributed by atoms with E-state index in [0.29, 0.717) is 0 Å². The Balaban J connectivity index is 1.43. The number of benzene rings is 1. The Morgan fingerprint density at radius 2 is 2.00 bits per heavy atom. The average Bonchev–Trinajstić information content (AvgIpc) is 3.00. The zero-order chi connectivity index (χ0) is 12.4. The van der Waals surface area contributed by atoms with Gasteiger partial charge >= 0.3 is 0 Å². The highest BCUT2D eigenvalue weighted by atomic mass is 32.2. The van der Waals surface area contributed by atoms with E-state index in [1.165, 1.54) is 30.6 Å². The van der Waals surface area contributed by atoms with Crippen LogP contribution < -0.4 is 0 Å². The molecule has 0 heterocycles. The summed E-state index contributed by atoms with van der Waals surface area (Å²) >= 11 is 1.78. The Kier molecular flexibility index (Phi) is 3.95. The molecule has 0 saturated heterocycles. The van der Waals surface area contributed by atoms with Crippen molar-refractivity contribution < 1.29 is 5.11 Å². The highest BCUT2D eigenvalue weighted by Crippen LogP contribution is 2.50. The highest BCUT2D eigenvalue weighted by Gasteiger charge is 2.39. The summed E-state index contributed by atoms with van der Waals surface area (Å²) < 4.78 is 0. The normalized spacial score (nSPS) is 31.7. The summed E-state index contributed by atoms with van der Waals surface area (Å²) in [6.07, 6.45) is 6.62. The zero-order valence-corrected chi connectivity index (χ0v) is 11.6. The third kappa shape index (κ3) is 2.92. The lowest BCUT2D eigenvalue weighted by molar-refractivity contribution is 0.144. The number of aliphatic hydroxyl groups is 1. The maximum atomic E-state index is 10.2. The van der Waals surface area contributed by atoms with Gasteiger partial charge in [0.25, 0.3) is 0 Å². The Morgan fingerprint density at radius 3 is 2.67 bits per heavy atom. The van der Waals surface area contributed by atoms with E-state index >= 15 is 0 Å². The summed E-state index contributed by atoms with van der Waals surface area (Å²) in [5, 5.41) is 10.2. The molecule has 18 heavy (non-hydrogen) atoms. The summed E-state index contributed by atoms with van der Waals surface area (Å²) in [6.45, 7) is 0. The summed E-state index contributed by atoms with van der Waals surface area (Å²) in [4.78, 5) is 1.27. The molecule has 0 amide bonds. The number of hydrogen-bond acceptors (Lipinski definition) is 2. The predicted octanol–water partition coefficient (Wildman–Crippen LogP) is 3.97. The van der Waals surface area contributed by atoms with Gasteiger partial charge in [-0.2, -0.15) is 0 Å². The van der Waals surface area contributed by atoms with E-state index in [1.807, 2.05) is 6.07 Å². The van der Waals surface area contributed by atoms with Gasteiger partial charge in [0, 0.05) is 10.6 Å². The second kappa shape index (κ2) is 5.66. The number of hydrogen-bond donors (Lipinski definition) is 1. The van der Waals surface area contributed by atoms with Crippen LogP contribution in [0.2, 0.25) is 0 Å². The molecular weight excluding hydrogens is 240 g/mol. The van der Waals surface area contributed by atoms with Crippen LogP contribution >= 0.6 is 11.8 Å². The van der Waals surface area contributed by atoms with Crippen LogP contribution in [0.25, 0.3) is 0 Å². The van der Waals surface area contributed by atoms with Gasteiger partial charge in [-0.1, -0.05) is 24.6 Å². The highest BCUT2D eigenvalue weighted by molar-refractivity contribution is 7.99. The lowest BCUT2D eigenvalue weighted by Crippen LogP contribution is -2.20. The molecule has 4 unspecified atom stereocenters. The van der Waals surface area contributed by atoms with E-state index in [2.05, 4.69) is 24.3 Å². The van der Waals surface area contributed by atoms with E-state index in [0.717, 1.165) is 29.9 Å². The third-order valence-electron chi connectivity index (χ3n) is 4.64. The fourth-order valence-corrected chi connectivity index (χ4v) is 4.66. The first-order valence-electron chi connectivity index (χ1n) is 7.17. The summed E-state index contributed by atoms with van der Waals surface area (Å²) in [5.74, 6) is 3.59. The number of thioether (sulfide) groups is 1. The van der Waals surface area contributed by atoms with Gasteiger partial charge in [-0.25, -0.2) is 0 Å². The Hall–Kier alpha value is -0.470. The molecule has 2 bridgehead atoms. The minimum Gasteiger partial charge on any atom is -0.392 e. The van der Waals surface area contributed by atoms with Crippen molar-refractivity contribution in [3.8, 4) is 0 Å². The molecule has 0 radical (unpaired) electrons. The molecule has 2 heteroatoms. The summed E-state index contributed by atoms with van der Waals surface area (Å²) in [7, 11) is 0. The van der Waals surface area contributed by atoms with Gasteiger partial charge in [0.05, 0.1) is 6.10 Å². The van der Waals surface area contributed by atoms with Crippen molar-refractivity contribution in [2.75, 3.05) is 5.75 Å². The van der Waals surface area contributed by atoms with Crippen molar-refractivity contribution in [3.63, 3.8) is 0 Å². The molecule has 0 aliphatic heterocycles. The Labute approximate surface area is 114 Å². The smallest absolute Gasteiger partial charge is 0.0636 e. The van der Waals surface area contributed by atoms with Crippen LogP contribution in [0, 0.1) is 17.8 Å². The topological polar surface area (TPSA) is 20.2 Å². The molecule has 0 aromatic heterocycles. The van der Waals surface area contributed by atoms with Gasteiger partial charge in [-0.05, 0) is 55.6 Å². The molecule has 2 saturated carbocycles. The van der Waals surface area contributed by atoms with Crippen LogP contribution in [-0.2, 0) is 0 Å². The van der Waals surface area contributed by atoms with E-state index in [9.17, 15) is 5.11 Å². The van der Waals surface area contributed by atoms with Crippen molar-refractivity contribution in [2.45, 2.75) is 43.1 Å². The standard InChI is InChI=1S/C16H22OS/c17-15(11-18-16-4-2-1-3-5-16)10-14-9-12-6-7-13(14)8-12/h1-5,12-15,17H,6-11H2. The number of fused-ring (bicyclic) bond motifs is 2. The maximum Gasteiger partial charge on any atom is 0.0636 e. The van der Waals surface area contributed by atoms with E-state index in [-0.39, 0.29) is 6.10 Å².